The quantitative estimate of drug-likeness (QED) is 0.829. The normalized spacial score (nSPS) is 10.1. The van der Waals surface area contributed by atoms with Crippen molar-refractivity contribution in [2.24, 2.45) is 0 Å². The molecular formula is C11H12N4O. The number of nitrogens with two attached hydrogens (primary N) is 1. The molecule has 0 unspecified atom stereocenters. The molecule has 0 aliphatic carbocycles. The molecule has 0 fully saturated rings. The van der Waals surface area contributed by atoms with Gasteiger partial charge in [-0.05, 0) is 26.0 Å². The highest BCUT2D eigenvalue weighted by Crippen LogP contribution is 2.16. The van der Waals surface area contributed by atoms with Gasteiger partial charge in [0.1, 0.15) is 0 Å². The lowest BCUT2D eigenvalue weighted by Crippen LogP contribution is -1.97. The summed E-state index contributed by atoms with van der Waals surface area (Å²) in [7, 11) is 0. The van der Waals surface area contributed by atoms with Gasteiger partial charge in [0.25, 0.3) is 0 Å². The number of pyridine rings is 1. The summed E-state index contributed by atoms with van der Waals surface area (Å²) in [5.41, 5.74) is 7.83. The first kappa shape index (κ1) is 10.4. The fraction of sp³-hybridized carbons (Fsp3) is 0.182. The fourth-order valence-electron chi connectivity index (χ4n) is 1.28. The first-order valence-corrected chi connectivity index (χ1v) is 4.85. The SMILES string of the molecule is Cc1cc(C)nc(Oc2ccc(N)cn2)n1. The summed E-state index contributed by atoms with van der Waals surface area (Å²) in [6.07, 6.45) is 1.53. The Morgan fingerprint density at radius 2 is 1.81 bits per heavy atom. The van der Waals surface area contributed by atoms with Crippen LogP contribution in [0, 0.1) is 13.8 Å². The van der Waals surface area contributed by atoms with Crippen molar-refractivity contribution in [2.75, 3.05) is 5.73 Å². The van der Waals surface area contributed by atoms with Gasteiger partial charge in [-0.25, -0.2) is 15.0 Å². The van der Waals surface area contributed by atoms with E-state index in [-0.39, 0.29) is 0 Å². The minimum absolute atomic E-state index is 0.301. The number of aryl methyl sites for hydroxylation is 2. The van der Waals surface area contributed by atoms with Gasteiger partial charge in [0.15, 0.2) is 0 Å². The van der Waals surface area contributed by atoms with Crippen molar-refractivity contribution >= 4 is 5.69 Å². The number of ether oxygens (including phenoxy) is 1. The average molecular weight is 216 g/mol. The van der Waals surface area contributed by atoms with E-state index in [0.717, 1.165) is 11.4 Å². The number of hydrogen-bond donors (Lipinski definition) is 1. The molecule has 16 heavy (non-hydrogen) atoms. The van der Waals surface area contributed by atoms with Crippen molar-refractivity contribution < 1.29 is 4.74 Å². The van der Waals surface area contributed by atoms with Gasteiger partial charge in [-0.3, -0.25) is 0 Å². The van der Waals surface area contributed by atoms with Gasteiger partial charge in [0.05, 0.1) is 11.9 Å². The predicted molar refractivity (Wildman–Crippen MR) is 60.2 cm³/mol. The maximum atomic E-state index is 5.52. The average Bonchev–Trinajstić information content (AvgIpc) is 2.20. The van der Waals surface area contributed by atoms with Crippen LogP contribution in [0.4, 0.5) is 5.69 Å². The van der Waals surface area contributed by atoms with E-state index in [1.807, 2.05) is 19.9 Å². The van der Waals surface area contributed by atoms with Crippen molar-refractivity contribution in [3.8, 4) is 11.9 Å². The molecule has 0 aliphatic rings. The van der Waals surface area contributed by atoms with Gasteiger partial charge in [-0.1, -0.05) is 0 Å². The summed E-state index contributed by atoms with van der Waals surface area (Å²) in [4.78, 5) is 12.3. The van der Waals surface area contributed by atoms with E-state index in [2.05, 4.69) is 15.0 Å². The Bertz CT molecular complexity index is 476. The minimum atomic E-state index is 0.301. The van der Waals surface area contributed by atoms with Crippen LogP contribution in [0.3, 0.4) is 0 Å². The molecule has 0 amide bonds. The molecule has 2 aromatic heterocycles. The third-order valence-corrected chi connectivity index (χ3v) is 1.92. The van der Waals surface area contributed by atoms with Crippen molar-refractivity contribution in [1.82, 2.24) is 15.0 Å². The van der Waals surface area contributed by atoms with Crippen LogP contribution < -0.4 is 10.5 Å². The summed E-state index contributed by atoms with van der Waals surface area (Å²) in [6.45, 7) is 3.77. The number of hydrogen-bond acceptors (Lipinski definition) is 5. The molecule has 0 aliphatic heterocycles. The Morgan fingerprint density at radius 1 is 1.12 bits per heavy atom. The Hall–Kier alpha value is -2.17. The number of aromatic nitrogens is 3. The molecule has 0 saturated heterocycles. The van der Waals surface area contributed by atoms with Crippen molar-refractivity contribution in [3.05, 3.63) is 35.8 Å². The maximum Gasteiger partial charge on any atom is 0.323 e. The Balaban J connectivity index is 2.23. The van der Waals surface area contributed by atoms with Gasteiger partial charge in [-0.2, -0.15) is 0 Å². The van der Waals surface area contributed by atoms with Gasteiger partial charge in [0, 0.05) is 17.5 Å². The van der Waals surface area contributed by atoms with E-state index in [1.165, 1.54) is 6.20 Å². The largest absolute Gasteiger partial charge is 0.405 e. The minimum Gasteiger partial charge on any atom is -0.405 e. The van der Waals surface area contributed by atoms with Gasteiger partial charge < -0.3 is 10.5 Å². The molecule has 5 nitrogen and oxygen atoms in total. The highest BCUT2D eigenvalue weighted by Gasteiger charge is 2.03. The smallest absolute Gasteiger partial charge is 0.323 e. The molecule has 0 saturated carbocycles. The lowest BCUT2D eigenvalue weighted by molar-refractivity contribution is 0.422. The highest BCUT2D eigenvalue weighted by molar-refractivity contribution is 5.36. The summed E-state index contributed by atoms with van der Waals surface area (Å²) in [5.74, 6) is 0.430. The second-order valence-electron chi connectivity index (χ2n) is 3.47. The standard InChI is InChI=1S/C11H12N4O/c1-7-5-8(2)15-11(14-7)16-10-4-3-9(12)6-13-10/h3-6H,12H2,1-2H3. The highest BCUT2D eigenvalue weighted by atomic mass is 16.5. The monoisotopic (exact) mass is 216 g/mol. The fourth-order valence-corrected chi connectivity index (χ4v) is 1.28. The van der Waals surface area contributed by atoms with E-state index in [0.29, 0.717) is 17.6 Å². The van der Waals surface area contributed by atoms with E-state index in [1.54, 1.807) is 12.1 Å². The van der Waals surface area contributed by atoms with E-state index >= 15 is 0 Å². The second-order valence-corrected chi connectivity index (χ2v) is 3.47. The van der Waals surface area contributed by atoms with Crippen LogP contribution in [0.15, 0.2) is 24.4 Å². The molecule has 0 bridgehead atoms. The lowest BCUT2D eigenvalue weighted by Gasteiger charge is -2.04. The van der Waals surface area contributed by atoms with Crippen LogP contribution in [0.5, 0.6) is 11.9 Å². The van der Waals surface area contributed by atoms with Gasteiger partial charge >= 0.3 is 6.01 Å². The van der Waals surface area contributed by atoms with Gasteiger partial charge in [-0.15, -0.1) is 0 Å². The molecule has 0 spiro atoms. The molecule has 2 rings (SSSR count). The number of rotatable bonds is 2. The molecule has 5 heteroatoms. The molecule has 2 N–H and O–H groups in total. The van der Waals surface area contributed by atoms with Crippen LogP contribution in [0.25, 0.3) is 0 Å². The van der Waals surface area contributed by atoms with Crippen LogP contribution >= 0.6 is 0 Å². The maximum absolute atomic E-state index is 5.52. The zero-order chi connectivity index (χ0) is 11.5. The summed E-state index contributed by atoms with van der Waals surface area (Å²) in [6, 6.07) is 5.57. The lowest BCUT2D eigenvalue weighted by atomic mass is 10.4. The summed E-state index contributed by atoms with van der Waals surface area (Å²) in [5, 5.41) is 0. The molecule has 0 atom stereocenters. The topological polar surface area (TPSA) is 73.9 Å². The number of anilines is 1. The van der Waals surface area contributed by atoms with Crippen LogP contribution in [-0.4, -0.2) is 15.0 Å². The van der Waals surface area contributed by atoms with Crippen LogP contribution in [0.1, 0.15) is 11.4 Å². The summed E-state index contributed by atoms with van der Waals surface area (Å²) < 4.78 is 5.41. The Labute approximate surface area is 93.3 Å². The Kier molecular flexibility index (Phi) is 2.68. The molecule has 2 heterocycles. The molecule has 0 radical (unpaired) electrons. The van der Waals surface area contributed by atoms with Crippen LogP contribution in [-0.2, 0) is 0 Å². The Morgan fingerprint density at radius 3 is 2.38 bits per heavy atom. The first-order chi connectivity index (χ1) is 7.63. The third-order valence-electron chi connectivity index (χ3n) is 1.92. The molecule has 2 aromatic rings. The predicted octanol–water partition coefficient (Wildman–Crippen LogP) is 1.86. The van der Waals surface area contributed by atoms with Crippen LogP contribution in [0.2, 0.25) is 0 Å². The first-order valence-electron chi connectivity index (χ1n) is 4.85. The van der Waals surface area contributed by atoms with E-state index < -0.39 is 0 Å². The van der Waals surface area contributed by atoms with Crippen molar-refractivity contribution in [1.29, 1.82) is 0 Å². The summed E-state index contributed by atoms with van der Waals surface area (Å²) >= 11 is 0. The van der Waals surface area contributed by atoms with Crippen molar-refractivity contribution in [3.63, 3.8) is 0 Å². The zero-order valence-electron chi connectivity index (χ0n) is 9.14. The van der Waals surface area contributed by atoms with Gasteiger partial charge in [0.2, 0.25) is 5.88 Å². The number of nitrogens with zero attached hydrogens (tertiary/aromatic N) is 3. The van der Waals surface area contributed by atoms with E-state index in [9.17, 15) is 0 Å². The number of nitrogen functional groups attached to an aromatic ring is 1. The molecular weight excluding hydrogens is 204 g/mol. The van der Waals surface area contributed by atoms with Crippen molar-refractivity contribution in [2.45, 2.75) is 13.8 Å². The molecule has 0 aromatic carbocycles. The molecule has 82 valence electrons. The third kappa shape index (κ3) is 2.44. The second kappa shape index (κ2) is 4.14. The van der Waals surface area contributed by atoms with E-state index in [4.69, 9.17) is 10.5 Å². The zero-order valence-corrected chi connectivity index (χ0v) is 9.14.